The predicted octanol–water partition coefficient (Wildman–Crippen LogP) is 2.48. The number of nitrogens with one attached hydrogen (secondary N) is 1. The molecule has 5 rings (SSSR count). The summed E-state index contributed by atoms with van der Waals surface area (Å²) in [5.41, 5.74) is 2.94. The Morgan fingerprint density at radius 2 is 1.68 bits per heavy atom. The Kier molecular flexibility index (Phi) is 4.67. The summed E-state index contributed by atoms with van der Waals surface area (Å²) in [6.07, 6.45) is 0.901. The molecule has 0 aromatic heterocycles. The molecule has 1 N–H and O–H groups in total. The Morgan fingerprint density at radius 1 is 0.964 bits per heavy atom. The molecule has 2 aromatic carbocycles. The van der Waals surface area contributed by atoms with Gasteiger partial charge in [0.1, 0.15) is 5.41 Å². The number of rotatable bonds is 4. The van der Waals surface area contributed by atoms with Gasteiger partial charge < -0.3 is 10.1 Å². The molecule has 2 fully saturated rings. The number of carbonyl (C=O) groups is 1. The summed E-state index contributed by atoms with van der Waals surface area (Å²) in [4.78, 5) is 17.7. The van der Waals surface area contributed by atoms with Crippen molar-refractivity contribution in [3.8, 4) is 0 Å². The van der Waals surface area contributed by atoms with Gasteiger partial charge >= 0.3 is 0 Å². The highest BCUT2D eigenvalue weighted by atomic mass is 16.5. The molecular weight excluding hydrogens is 350 g/mol. The van der Waals surface area contributed by atoms with Crippen LogP contribution in [-0.2, 0) is 21.5 Å². The first-order chi connectivity index (χ1) is 13.7. The lowest BCUT2D eigenvalue weighted by atomic mass is 9.79. The SMILES string of the molecule is O=C1Nc2ccccc2C12COC(CN1CCN(Cc3ccccc3)CC1)C2. The van der Waals surface area contributed by atoms with Crippen LogP contribution in [0.5, 0.6) is 0 Å². The standard InChI is InChI=1S/C23H27N3O2/c27-22-23(20-8-4-5-9-21(20)24-22)14-19(28-17-23)16-26-12-10-25(11-13-26)15-18-6-2-1-3-7-18/h1-9,19H,10-17H2,(H,24,27). The molecule has 3 aliphatic rings. The molecule has 3 aliphatic heterocycles. The van der Waals surface area contributed by atoms with E-state index in [2.05, 4.69) is 51.5 Å². The van der Waals surface area contributed by atoms with Crippen molar-refractivity contribution in [2.24, 2.45) is 0 Å². The Morgan fingerprint density at radius 3 is 2.50 bits per heavy atom. The van der Waals surface area contributed by atoms with E-state index in [1.54, 1.807) is 0 Å². The molecule has 0 aliphatic carbocycles. The summed E-state index contributed by atoms with van der Waals surface area (Å²) in [7, 11) is 0. The van der Waals surface area contributed by atoms with Gasteiger partial charge in [-0.1, -0.05) is 48.5 Å². The maximum atomic E-state index is 12.7. The molecule has 1 amide bonds. The summed E-state index contributed by atoms with van der Waals surface area (Å²) in [6.45, 7) is 6.71. The van der Waals surface area contributed by atoms with E-state index in [0.717, 1.165) is 56.9 Å². The molecular formula is C23H27N3O2. The van der Waals surface area contributed by atoms with Crippen molar-refractivity contribution in [1.29, 1.82) is 0 Å². The van der Waals surface area contributed by atoms with Crippen LogP contribution in [0.4, 0.5) is 5.69 Å². The average molecular weight is 377 g/mol. The molecule has 0 radical (unpaired) electrons. The monoisotopic (exact) mass is 377 g/mol. The fraction of sp³-hybridized carbons (Fsp3) is 0.435. The van der Waals surface area contributed by atoms with Gasteiger partial charge in [-0.05, 0) is 23.6 Å². The minimum Gasteiger partial charge on any atom is -0.375 e. The number of fused-ring (bicyclic) bond motifs is 2. The molecule has 2 unspecified atom stereocenters. The van der Waals surface area contributed by atoms with Gasteiger partial charge in [0.05, 0.1) is 12.7 Å². The van der Waals surface area contributed by atoms with Crippen molar-refractivity contribution in [1.82, 2.24) is 9.80 Å². The van der Waals surface area contributed by atoms with Crippen LogP contribution in [0.3, 0.4) is 0 Å². The van der Waals surface area contributed by atoms with Gasteiger partial charge in [-0.25, -0.2) is 0 Å². The summed E-state index contributed by atoms with van der Waals surface area (Å²) in [5, 5.41) is 3.04. The molecule has 0 saturated carbocycles. The van der Waals surface area contributed by atoms with Crippen molar-refractivity contribution in [2.75, 3.05) is 44.6 Å². The van der Waals surface area contributed by atoms with Gasteiger partial charge in [-0.2, -0.15) is 0 Å². The average Bonchev–Trinajstić information content (AvgIpc) is 3.27. The minimum absolute atomic E-state index is 0.101. The smallest absolute Gasteiger partial charge is 0.237 e. The third kappa shape index (κ3) is 3.24. The largest absolute Gasteiger partial charge is 0.375 e. The Labute approximate surface area is 166 Å². The lowest BCUT2D eigenvalue weighted by Gasteiger charge is -2.35. The van der Waals surface area contributed by atoms with Gasteiger partial charge in [0.2, 0.25) is 5.91 Å². The van der Waals surface area contributed by atoms with Crippen molar-refractivity contribution >= 4 is 11.6 Å². The molecule has 5 nitrogen and oxygen atoms in total. The van der Waals surface area contributed by atoms with Crippen molar-refractivity contribution in [2.45, 2.75) is 24.5 Å². The number of piperazine rings is 1. The molecule has 28 heavy (non-hydrogen) atoms. The summed E-state index contributed by atoms with van der Waals surface area (Å²) < 4.78 is 6.13. The van der Waals surface area contributed by atoms with Crippen LogP contribution >= 0.6 is 0 Å². The highest BCUT2D eigenvalue weighted by Gasteiger charge is 2.52. The molecule has 2 aromatic rings. The number of para-hydroxylation sites is 1. The van der Waals surface area contributed by atoms with E-state index >= 15 is 0 Å². The number of carbonyl (C=O) groups excluding carboxylic acids is 1. The predicted molar refractivity (Wildman–Crippen MR) is 109 cm³/mol. The highest BCUT2D eigenvalue weighted by molar-refractivity contribution is 6.06. The van der Waals surface area contributed by atoms with E-state index in [-0.39, 0.29) is 12.0 Å². The zero-order valence-electron chi connectivity index (χ0n) is 16.1. The number of anilines is 1. The van der Waals surface area contributed by atoms with Gasteiger partial charge in [0, 0.05) is 45.0 Å². The second kappa shape index (κ2) is 7.32. The summed E-state index contributed by atoms with van der Waals surface area (Å²) >= 11 is 0. The second-order valence-electron chi connectivity index (χ2n) is 8.28. The van der Waals surface area contributed by atoms with E-state index in [9.17, 15) is 4.79 Å². The molecule has 2 atom stereocenters. The van der Waals surface area contributed by atoms with Gasteiger partial charge in [-0.3, -0.25) is 14.6 Å². The van der Waals surface area contributed by atoms with Crippen molar-refractivity contribution in [3.63, 3.8) is 0 Å². The van der Waals surface area contributed by atoms with Crippen LogP contribution in [0.1, 0.15) is 17.5 Å². The number of hydrogen-bond acceptors (Lipinski definition) is 4. The van der Waals surface area contributed by atoms with Gasteiger partial charge in [-0.15, -0.1) is 0 Å². The molecule has 0 bridgehead atoms. The number of nitrogens with zero attached hydrogens (tertiary/aromatic N) is 2. The molecule has 3 heterocycles. The second-order valence-corrected chi connectivity index (χ2v) is 8.28. The normalized spacial score (nSPS) is 27.9. The zero-order chi connectivity index (χ0) is 19.0. The first-order valence-corrected chi connectivity index (χ1v) is 10.2. The van der Waals surface area contributed by atoms with Crippen LogP contribution in [0.15, 0.2) is 54.6 Å². The lowest BCUT2D eigenvalue weighted by molar-refractivity contribution is -0.120. The van der Waals surface area contributed by atoms with Crippen molar-refractivity contribution in [3.05, 3.63) is 65.7 Å². The Bertz CT molecular complexity index is 848. The number of benzene rings is 2. The van der Waals surface area contributed by atoms with Crippen LogP contribution < -0.4 is 5.32 Å². The van der Waals surface area contributed by atoms with E-state index in [4.69, 9.17) is 4.74 Å². The quantitative estimate of drug-likeness (QED) is 0.889. The van der Waals surface area contributed by atoms with E-state index in [1.807, 2.05) is 18.2 Å². The molecule has 1 spiro atoms. The number of amides is 1. The minimum atomic E-state index is -0.490. The van der Waals surface area contributed by atoms with Gasteiger partial charge in [0.15, 0.2) is 0 Å². The maximum Gasteiger partial charge on any atom is 0.237 e. The third-order valence-corrected chi connectivity index (χ3v) is 6.44. The van der Waals surface area contributed by atoms with Crippen LogP contribution in [0.2, 0.25) is 0 Å². The Hall–Kier alpha value is -2.21. The van der Waals surface area contributed by atoms with E-state index in [1.165, 1.54) is 5.56 Å². The highest BCUT2D eigenvalue weighted by Crippen LogP contribution is 2.45. The van der Waals surface area contributed by atoms with E-state index < -0.39 is 5.41 Å². The number of hydrogen-bond donors (Lipinski definition) is 1. The Balaban J connectivity index is 1.16. The van der Waals surface area contributed by atoms with Crippen molar-refractivity contribution < 1.29 is 9.53 Å². The summed E-state index contributed by atoms with van der Waals surface area (Å²) in [6, 6.07) is 18.7. The zero-order valence-corrected chi connectivity index (χ0v) is 16.1. The number of ether oxygens (including phenoxy) is 1. The fourth-order valence-corrected chi connectivity index (χ4v) is 4.86. The third-order valence-electron chi connectivity index (χ3n) is 6.44. The molecule has 5 heteroatoms. The fourth-order valence-electron chi connectivity index (χ4n) is 4.86. The van der Waals surface area contributed by atoms with E-state index in [0.29, 0.717) is 6.61 Å². The van der Waals surface area contributed by atoms with Crippen LogP contribution in [-0.4, -0.2) is 61.1 Å². The first kappa shape index (κ1) is 17.9. The van der Waals surface area contributed by atoms with Crippen LogP contribution in [0, 0.1) is 0 Å². The molecule has 146 valence electrons. The summed E-state index contributed by atoms with van der Waals surface area (Å²) in [5.74, 6) is 0.101. The first-order valence-electron chi connectivity index (χ1n) is 10.2. The maximum absolute atomic E-state index is 12.7. The topological polar surface area (TPSA) is 44.8 Å². The van der Waals surface area contributed by atoms with Crippen LogP contribution in [0.25, 0.3) is 0 Å². The molecule has 2 saturated heterocycles. The lowest BCUT2D eigenvalue weighted by Crippen LogP contribution is -2.48. The van der Waals surface area contributed by atoms with Gasteiger partial charge in [0.25, 0.3) is 0 Å².